The Bertz CT molecular complexity index is 1070. The minimum absolute atomic E-state index is 0.0415. The second-order valence-corrected chi connectivity index (χ2v) is 8.27. The van der Waals surface area contributed by atoms with Gasteiger partial charge in [-0.05, 0) is 42.4 Å². The lowest BCUT2D eigenvalue weighted by Gasteiger charge is -2.56. The summed E-state index contributed by atoms with van der Waals surface area (Å²) in [4.78, 5) is 36.6. The number of hydrogen-bond acceptors (Lipinski definition) is 5. The fourth-order valence-electron chi connectivity index (χ4n) is 5.10. The molecule has 0 aromatic heterocycles. The molecule has 0 aromatic rings. The molecular formula is C22H19N3O3. The van der Waals surface area contributed by atoms with Crippen molar-refractivity contribution in [3.63, 3.8) is 0 Å². The predicted octanol–water partition coefficient (Wildman–Crippen LogP) is 1.90. The van der Waals surface area contributed by atoms with Crippen LogP contribution in [0.25, 0.3) is 0 Å². The number of amides is 1. The number of nitrogens with zero attached hydrogens (tertiary/aromatic N) is 2. The van der Waals surface area contributed by atoms with Crippen molar-refractivity contribution in [2.45, 2.75) is 33.6 Å². The number of carbonyl (C=O) groups excluding carboxylic acids is 3. The van der Waals surface area contributed by atoms with Crippen molar-refractivity contribution in [3.8, 4) is 24.0 Å². The van der Waals surface area contributed by atoms with E-state index in [1.54, 1.807) is 6.08 Å². The average Bonchev–Trinajstić information content (AvgIpc) is 2.63. The van der Waals surface area contributed by atoms with E-state index in [9.17, 15) is 24.9 Å². The van der Waals surface area contributed by atoms with Crippen LogP contribution in [-0.4, -0.2) is 17.5 Å². The molecule has 0 bridgehead atoms. The summed E-state index contributed by atoms with van der Waals surface area (Å²) in [6.45, 7) is 5.51. The standard InChI is InChI=1S/C22H19N3O3/c1-20(2)16-4-6-22(7-5-18(25)27)10-13(11-23)15(26)8-17(22)21(16,3)9-14(12-24)19(20)28/h8-10,16H,4,6H2,1-3H3,(H2,25,27)/t16-,21-,22-/m0/s1. The number of carbonyl (C=O) groups is 3. The van der Waals surface area contributed by atoms with Gasteiger partial charge in [0.05, 0.1) is 16.6 Å². The van der Waals surface area contributed by atoms with Crippen molar-refractivity contribution in [2.75, 3.05) is 0 Å². The van der Waals surface area contributed by atoms with Crippen LogP contribution in [-0.2, 0) is 14.4 Å². The summed E-state index contributed by atoms with van der Waals surface area (Å²) in [6.07, 6.45) is 5.52. The van der Waals surface area contributed by atoms with Crippen LogP contribution in [0, 0.1) is 56.7 Å². The summed E-state index contributed by atoms with van der Waals surface area (Å²) in [5, 5.41) is 18.8. The molecule has 1 amide bonds. The van der Waals surface area contributed by atoms with Crippen molar-refractivity contribution in [2.24, 2.45) is 27.9 Å². The minimum Gasteiger partial charge on any atom is -0.359 e. The zero-order chi connectivity index (χ0) is 20.9. The van der Waals surface area contributed by atoms with Crippen molar-refractivity contribution in [1.29, 1.82) is 10.5 Å². The molecule has 0 unspecified atom stereocenters. The number of fused-ring (bicyclic) bond motifs is 3. The maximum atomic E-state index is 12.8. The van der Waals surface area contributed by atoms with Gasteiger partial charge in [-0.3, -0.25) is 14.4 Å². The van der Waals surface area contributed by atoms with Crippen LogP contribution in [0.1, 0.15) is 33.6 Å². The molecule has 3 aliphatic carbocycles. The van der Waals surface area contributed by atoms with Crippen LogP contribution in [0.3, 0.4) is 0 Å². The average molecular weight is 373 g/mol. The lowest BCUT2D eigenvalue weighted by Crippen LogP contribution is -2.53. The van der Waals surface area contributed by atoms with Crippen LogP contribution in [0.4, 0.5) is 0 Å². The molecule has 0 aromatic carbocycles. The molecule has 1 saturated carbocycles. The van der Waals surface area contributed by atoms with Gasteiger partial charge in [-0.25, -0.2) is 0 Å². The normalized spacial score (nSPS) is 32.8. The van der Waals surface area contributed by atoms with Gasteiger partial charge in [-0.1, -0.05) is 32.8 Å². The Morgan fingerprint density at radius 2 is 1.79 bits per heavy atom. The molecule has 0 aliphatic heterocycles. The van der Waals surface area contributed by atoms with E-state index in [1.165, 1.54) is 12.2 Å². The second kappa shape index (κ2) is 6.04. The first-order valence-corrected chi connectivity index (χ1v) is 8.92. The summed E-state index contributed by atoms with van der Waals surface area (Å²) in [6, 6.07) is 3.87. The molecule has 0 radical (unpaired) electrons. The first-order chi connectivity index (χ1) is 13.0. The highest BCUT2D eigenvalue weighted by atomic mass is 16.1. The number of nitrogens with two attached hydrogens (primary N) is 1. The van der Waals surface area contributed by atoms with Crippen molar-refractivity contribution in [3.05, 3.63) is 34.9 Å². The topological polar surface area (TPSA) is 125 Å². The molecule has 0 saturated heterocycles. The van der Waals surface area contributed by atoms with Gasteiger partial charge in [0, 0.05) is 10.8 Å². The molecule has 3 aliphatic rings. The number of ketones is 2. The fourth-order valence-corrected chi connectivity index (χ4v) is 5.10. The summed E-state index contributed by atoms with van der Waals surface area (Å²) in [5.41, 5.74) is 3.18. The number of hydrogen-bond donors (Lipinski definition) is 1. The summed E-state index contributed by atoms with van der Waals surface area (Å²) in [7, 11) is 0. The first kappa shape index (κ1) is 19.3. The zero-order valence-corrected chi connectivity index (χ0v) is 15.9. The summed E-state index contributed by atoms with van der Waals surface area (Å²) >= 11 is 0. The van der Waals surface area contributed by atoms with Gasteiger partial charge in [0.1, 0.15) is 12.1 Å². The van der Waals surface area contributed by atoms with Gasteiger partial charge >= 0.3 is 0 Å². The van der Waals surface area contributed by atoms with Crippen LogP contribution in [0.15, 0.2) is 34.9 Å². The van der Waals surface area contributed by atoms with Crippen molar-refractivity contribution < 1.29 is 14.4 Å². The number of allylic oxidation sites excluding steroid dienone is 6. The van der Waals surface area contributed by atoms with Crippen molar-refractivity contribution >= 4 is 17.5 Å². The quantitative estimate of drug-likeness (QED) is 0.649. The van der Waals surface area contributed by atoms with E-state index in [2.05, 4.69) is 11.8 Å². The second-order valence-electron chi connectivity index (χ2n) is 8.27. The van der Waals surface area contributed by atoms with Crippen LogP contribution in [0.5, 0.6) is 0 Å². The zero-order valence-electron chi connectivity index (χ0n) is 15.9. The van der Waals surface area contributed by atoms with Gasteiger partial charge in [0.25, 0.3) is 5.91 Å². The smallest absolute Gasteiger partial charge is 0.293 e. The molecule has 140 valence electrons. The fraction of sp³-hybridized carbons (Fsp3) is 0.409. The van der Waals surface area contributed by atoms with E-state index in [0.29, 0.717) is 18.4 Å². The van der Waals surface area contributed by atoms with E-state index in [-0.39, 0.29) is 22.8 Å². The van der Waals surface area contributed by atoms with Gasteiger partial charge < -0.3 is 5.73 Å². The van der Waals surface area contributed by atoms with E-state index in [1.807, 2.05) is 32.9 Å². The van der Waals surface area contributed by atoms with Gasteiger partial charge in [0.2, 0.25) is 0 Å². The molecule has 3 rings (SSSR count). The third kappa shape index (κ3) is 2.52. The van der Waals surface area contributed by atoms with E-state index < -0.39 is 27.9 Å². The summed E-state index contributed by atoms with van der Waals surface area (Å²) < 4.78 is 0. The van der Waals surface area contributed by atoms with Crippen LogP contribution in [0.2, 0.25) is 0 Å². The number of Topliss-reactive ketones (excluding diaryl/α,β-unsaturated/α-hetero) is 1. The molecule has 3 atom stereocenters. The lowest BCUT2D eigenvalue weighted by atomic mass is 9.45. The molecule has 6 heteroatoms. The summed E-state index contributed by atoms with van der Waals surface area (Å²) in [5.74, 6) is 3.61. The Labute approximate surface area is 163 Å². The van der Waals surface area contributed by atoms with E-state index in [4.69, 9.17) is 5.73 Å². The lowest BCUT2D eigenvalue weighted by molar-refractivity contribution is -0.130. The molecule has 1 fully saturated rings. The van der Waals surface area contributed by atoms with E-state index >= 15 is 0 Å². The molecule has 0 spiro atoms. The Morgan fingerprint density at radius 3 is 2.36 bits per heavy atom. The Morgan fingerprint density at radius 1 is 1.14 bits per heavy atom. The highest BCUT2D eigenvalue weighted by Crippen LogP contribution is 2.63. The van der Waals surface area contributed by atoms with Gasteiger partial charge in [-0.2, -0.15) is 10.5 Å². The van der Waals surface area contributed by atoms with Gasteiger partial charge in [0.15, 0.2) is 11.6 Å². The van der Waals surface area contributed by atoms with Crippen LogP contribution < -0.4 is 5.73 Å². The molecule has 6 nitrogen and oxygen atoms in total. The maximum absolute atomic E-state index is 12.8. The molecule has 28 heavy (non-hydrogen) atoms. The SMILES string of the molecule is CC1(C)C(=O)C(C#N)=C[C@]2(C)C3=CC(=O)C(C#N)=C[C@@]3(C#CC(N)=O)CC[C@@H]12. The largest absolute Gasteiger partial charge is 0.359 e. The Kier molecular flexibility index (Phi) is 4.17. The van der Waals surface area contributed by atoms with Crippen LogP contribution >= 0.6 is 0 Å². The third-order valence-corrected chi connectivity index (χ3v) is 6.34. The monoisotopic (exact) mass is 373 g/mol. The predicted molar refractivity (Wildman–Crippen MR) is 99.5 cm³/mol. The molecule has 0 heterocycles. The van der Waals surface area contributed by atoms with Crippen molar-refractivity contribution in [1.82, 2.24) is 0 Å². The number of primary amides is 1. The third-order valence-electron chi connectivity index (χ3n) is 6.34. The maximum Gasteiger partial charge on any atom is 0.293 e. The Balaban J connectivity index is 2.33. The first-order valence-electron chi connectivity index (χ1n) is 8.92. The highest BCUT2D eigenvalue weighted by molar-refractivity contribution is 6.10. The Hall–Kier alpha value is -3.43. The number of rotatable bonds is 0. The number of nitriles is 2. The molecular weight excluding hydrogens is 354 g/mol. The van der Waals surface area contributed by atoms with Gasteiger partial charge in [-0.15, -0.1) is 0 Å². The molecule has 2 N–H and O–H groups in total. The highest BCUT2D eigenvalue weighted by Gasteiger charge is 2.59. The van der Waals surface area contributed by atoms with E-state index in [0.717, 1.165) is 0 Å². The minimum atomic E-state index is -1.02.